The molecule has 0 aliphatic heterocycles. The van der Waals surface area contributed by atoms with E-state index in [1.54, 1.807) is 25.1 Å². The Kier molecular flexibility index (Phi) is 10.1. The van der Waals surface area contributed by atoms with E-state index in [4.69, 9.17) is 23.2 Å². The fourth-order valence-electron chi connectivity index (χ4n) is 3.82. The summed E-state index contributed by atoms with van der Waals surface area (Å²) >= 11 is 15.8. The molecule has 1 N–H and O–H groups in total. The van der Waals surface area contributed by atoms with Crippen molar-refractivity contribution in [1.29, 1.82) is 0 Å². The van der Waals surface area contributed by atoms with Crippen molar-refractivity contribution in [2.24, 2.45) is 0 Å². The summed E-state index contributed by atoms with van der Waals surface area (Å²) in [7, 11) is -4.21. The number of carbonyl (C=O) groups is 2. The normalized spacial score (nSPS) is 12.5. The monoisotopic (exact) mass is 653 g/mol. The number of sulfonamides is 1. The molecule has 0 spiro atoms. The molecule has 3 aromatic rings. The fraction of sp³-hybridized carbons (Fsp3) is 0.286. The van der Waals surface area contributed by atoms with E-state index in [9.17, 15) is 18.0 Å². The number of carbonyl (C=O) groups excluding carboxylic acids is 2. The number of nitrogens with zero attached hydrogens (tertiary/aromatic N) is 2. The minimum Gasteiger partial charge on any atom is -0.350 e. The van der Waals surface area contributed by atoms with Crippen molar-refractivity contribution in [3.05, 3.63) is 92.9 Å². The first-order valence-corrected chi connectivity index (χ1v) is 15.1. The van der Waals surface area contributed by atoms with E-state index in [1.807, 2.05) is 45.0 Å². The first kappa shape index (κ1) is 30.9. The van der Waals surface area contributed by atoms with Crippen molar-refractivity contribution in [3.63, 3.8) is 0 Å². The molecule has 208 valence electrons. The molecule has 0 unspecified atom stereocenters. The molecule has 3 aromatic carbocycles. The first-order valence-electron chi connectivity index (χ1n) is 12.1. The Morgan fingerprint density at radius 3 is 2.13 bits per heavy atom. The number of anilines is 1. The number of hydrogen-bond donors (Lipinski definition) is 1. The minimum atomic E-state index is -4.21. The second kappa shape index (κ2) is 12.7. The van der Waals surface area contributed by atoms with Crippen molar-refractivity contribution in [3.8, 4) is 0 Å². The maximum absolute atomic E-state index is 13.9. The largest absolute Gasteiger partial charge is 0.350 e. The van der Waals surface area contributed by atoms with Crippen molar-refractivity contribution in [1.82, 2.24) is 10.2 Å². The molecule has 7 nitrogen and oxygen atoms in total. The van der Waals surface area contributed by atoms with Crippen molar-refractivity contribution >= 4 is 66.7 Å². The maximum atomic E-state index is 13.9. The van der Waals surface area contributed by atoms with Crippen LogP contribution in [0.3, 0.4) is 0 Å². The summed E-state index contributed by atoms with van der Waals surface area (Å²) in [6.07, 6.45) is 0. The molecule has 3 rings (SSSR count). The second-order valence-corrected chi connectivity index (χ2v) is 13.7. The van der Waals surface area contributed by atoms with Gasteiger partial charge in [0.05, 0.1) is 10.6 Å². The lowest BCUT2D eigenvalue weighted by Gasteiger charge is -2.33. The van der Waals surface area contributed by atoms with E-state index in [1.165, 1.54) is 35.2 Å². The van der Waals surface area contributed by atoms with E-state index in [-0.39, 0.29) is 33.1 Å². The Morgan fingerprint density at radius 1 is 0.949 bits per heavy atom. The van der Waals surface area contributed by atoms with Gasteiger partial charge in [0.2, 0.25) is 11.8 Å². The zero-order valence-electron chi connectivity index (χ0n) is 22.0. The van der Waals surface area contributed by atoms with Crippen molar-refractivity contribution in [2.75, 3.05) is 10.8 Å². The lowest BCUT2D eigenvalue weighted by molar-refractivity contribution is -0.140. The molecule has 0 radical (unpaired) electrons. The Labute approximate surface area is 248 Å². The van der Waals surface area contributed by atoms with Crippen LogP contribution in [0.1, 0.15) is 33.3 Å². The average Bonchev–Trinajstić information content (AvgIpc) is 2.84. The highest BCUT2D eigenvalue weighted by atomic mass is 79.9. The third-order valence-electron chi connectivity index (χ3n) is 5.65. The summed E-state index contributed by atoms with van der Waals surface area (Å²) in [6, 6.07) is 18.5. The molecular weight excluding hydrogens is 625 g/mol. The number of hydrogen-bond acceptors (Lipinski definition) is 4. The summed E-state index contributed by atoms with van der Waals surface area (Å²) in [6.45, 7) is 6.63. The number of benzene rings is 3. The highest BCUT2D eigenvalue weighted by molar-refractivity contribution is 9.10. The molecule has 1 atom stereocenters. The quantitative estimate of drug-likeness (QED) is 0.294. The van der Waals surface area contributed by atoms with E-state index < -0.39 is 34.1 Å². The standard InChI is InChI=1S/C28H30BrCl2N3O4S/c1-19(27(36)32-28(2,3)4)33(17-20-9-8-10-21(29)13-20)26(35)18-34(24-15-22(30)14-23(31)16-24)39(37,38)25-11-6-5-7-12-25/h5-16,19H,17-18H2,1-4H3,(H,32,36)/t19-/m1/s1. The topological polar surface area (TPSA) is 86.8 Å². The minimum absolute atomic E-state index is 0.00837. The molecule has 0 heterocycles. The average molecular weight is 655 g/mol. The zero-order chi connectivity index (χ0) is 29.0. The van der Waals surface area contributed by atoms with Crippen LogP contribution in [0, 0.1) is 0 Å². The third kappa shape index (κ3) is 8.45. The van der Waals surface area contributed by atoms with E-state index in [2.05, 4.69) is 21.2 Å². The fourth-order valence-corrected chi connectivity index (χ4v) is 6.20. The summed E-state index contributed by atoms with van der Waals surface area (Å²) in [4.78, 5) is 28.4. The van der Waals surface area contributed by atoms with Gasteiger partial charge in [0.1, 0.15) is 12.6 Å². The Hall–Kier alpha value is -2.59. The summed E-state index contributed by atoms with van der Waals surface area (Å²) < 4.78 is 29.4. The molecule has 0 saturated heterocycles. The lowest BCUT2D eigenvalue weighted by Crippen LogP contribution is -2.54. The van der Waals surface area contributed by atoms with Gasteiger partial charge in [-0.05, 0) is 75.7 Å². The van der Waals surface area contributed by atoms with Gasteiger partial charge in [-0.1, -0.05) is 69.5 Å². The SMILES string of the molecule is C[C@H](C(=O)NC(C)(C)C)N(Cc1cccc(Br)c1)C(=O)CN(c1cc(Cl)cc(Cl)c1)S(=O)(=O)c1ccccc1. The molecular formula is C28H30BrCl2N3O4S. The maximum Gasteiger partial charge on any atom is 0.264 e. The van der Waals surface area contributed by atoms with Crippen LogP contribution in [0.5, 0.6) is 0 Å². The smallest absolute Gasteiger partial charge is 0.264 e. The van der Waals surface area contributed by atoms with Crippen molar-refractivity contribution < 1.29 is 18.0 Å². The Morgan fingerprint density at radius 2 is 1.56 bits per heavy atom. The Bertz CT molecular complexity index is 1430. The summed E-state index contributed by atoms with van der Waals surface area (Å²) in [5.41, 5.74) is 0.353. The van der Waals surface area contributed by atoms with Crippen LogP contribution in [0.4, 0.5) is 5.69 Å². The third-order valence-corrected chi connectivity index (χ3v) is 8.37. The van der Waals surface area contributed by atoms with Crippen LogP contribution < -0.4 is 9.62 Å². The van der Waals surface area contributed by atoms with Gasteiger partial charge in [0.25, 0.3) is 10.0 Å². The van der Waals surface area contributed by atoms with E-state index >= 15 is 0 Å². The van der Waals surface area contributed by atoms with Gasteiger partial charge in [-0.3, -0.25) is 13.9 Å². The molecule has 0 aliphatic rings. The van der Waals surface area contributed by atoms with Gasteiger partial charge < -0.3 is 10.2 Å². The number of amides is 2. The van der Waals surface area contributed by atoms with Crippen LogP contribution in [-0.2, 0) is 26.2 Å². The number of halogens is 3. The Balaban J connectivity index is 2.06. The predicted molar refractivity (Wildman–Crippen MR) is 159 cm³/mol. The van der Waals surface area contributed by atoms with E-state index in [0.717, 1.165) is 14.3 Å². The van der Waals surface area contributed by atoms with Crippen LogP contribution in [-0.4, -0.2) is 43.3 Å². The summed E-state index contributed by atoms with van der Waals surface area (Å²) in [5, 5.41) is 3.32. The summed E-state index contributed by atoms with van der Waals surface area (Å²) in [5.74, 6) is -0.948. The van der Waals surface area contributed by atoms with Gasteiger partial charge in [0, 0.05) is 26.6 Å². The van der Waals surface area contributed by atoms with Gasteiger partial charge in [0.15, 0.2) is 0 Å². The van der Waals surface area contributed by atoms with Crippen LogP contribution >= 0.6 is 39.1 Å². The first-order chi connectivity index (χ1) is 18.2. The molecule has 39 heavy (non-hydrogen) atoms. The predicted octanol–water partition coefficient (Wildman–Crippen LogP) is 6.28. The van der Waals surface area contributed by atoms with Gasteiger partial charge >= 0.3 is 0 Å². The van der Waals surface area contributed by atoms with Gasteiger partial charge in [-0.2, -0.15) is 0 Å². The van der Waals surface area contributed by atoms with Crippen LogP contribution in [0.15, 0.2) is 82.2 Å². The second-order valence-electron chi connectivity index (χ2n) is 10.0. The van der Waals surface area contributed by atoms with Gasteiger partial charge in [-0.15, -0.1) is 0 Å². The molecule has 0 saturated carbocycles. The molecule has 2 amide bonds. The number of rotatable bonds is 9. The van der Waals surface area contributed by atoms with Crippen LogP contribution in [0.2, 0.25) is 10.0 Å². The zero-order valence-corrected chi connectivity index (χ0v) is 25.9. The van der Waals surface area contributed by atoms with Crippen molar-refractivity contribution in [2.45, 2.75) is 50.7 Å². The molecule has 0 aromatic heterocycles. The highest BCUT2D eigenvalue weighted by Crippen LogP contribution is 2.30. The molecule has 11 heteroatoms. The molecule has 0 bridgehead atoms. The highest BCUT2D eigenvalue weighted by Gasteiger charge is 2.33. The lowest BCUT2D eigenvalue weighted by atomic mass is 10.1. The molecule has 0 fully saturated rings. The number of nitrogens with one attached hydrogen (secondary N) is 1. The molecule has 0 aliphatic carbocycles. The van der Waals surface area contributed by atoms with E-state index in [0.29, 0.717) is 0 Å². The van der Waals surface area contributed by atoms with Crippen LogP contribution in [0.25, 0.3) is 0 Å². The van der Waals surface area contributed by atoms with Gasteiger partial charge in [-0.25, -0.2) is 8.42 Å².